The Balaban J connectivity index is 1.58. The molecule has 1 aliphatic rings. The predicted molar refractivity (Wildman–Crippen MR) is 125 cm³/mol. The lowest BCUT2D eigenvalue weighted by Crippen LogP contribution is -2.35. The number of rotatable bonds is 5. The summed E-state index contributed by atoms with van der Waals surface area (Å²) >= 11 is 1.43. The van der Waals surface area contributed by atoms with Crippen LogP contribution in [0.2, 0.25) is 0 Å². The van der Waals surface area contributed by atoms with Crippen molar-refractivity contribution in [3.8, 4) is 0 Å². The van der Waals surface area contributed by atoms with Crippen LogP contribution in [0.5, 0.6) is 0 Å². The molecule has 0 fully saturated rings. The number of hydrogen-bond donors (Lipinski definition) is 0. The molecule has 1 atom stereocenters. The summed E-state index contributed by atoms with van der Waals surface area (Å²) in [5.41, 5.74) is 3.84. The highest BCUT2D eigenvalue weighted by molar-refractivity contribution is 8.00. The van der Waals surface area contributed by atoms with Gasteiger partial charge in [-0.3, -0.25) is 4.79 Å². The molecule has 3 aromatic rings. The van der Waals surface area contributed by atoms with E-state index in [4.69, 9.17) is 0 Å². The van der Waals surface area contributed by atoms with Crippen molar-refractivity contribution in [2.45, 2.75) is 35.4 Å². The summed E-state index contributed by atoms with van der Waals surface area (Å²) in [6.45, 7) is 4.54. The third-order valence-electron chi connectivity index (χ3n) is 5.54. The lowest BCUT2D eigenvalue weighted by molar-refractivity contribution is -0.117. The van der Waals surface area contributed by atoms with E-state index in [2.05, 4.69) is 11.1 Å². The summed E-state index contributed by atoms with van der Waals surface area (Å²) in [5, 5.41) is 1.25. The molecule has 162 valence electrons. The summed E-state index contributed by atoms with van der Waals surface area (Å²) in [7, 11) is -0.478. The summed E-state index contributed by atoms with van der Waals surface area (Å²) in [6.07, 6.45) is 0.880. The van der Waals surface area contributed by atoms with E-state index in [0.29, 0.717) is 12.1 Å². The summed E-state index contributed by atoms with van der Waals surface area (Å²) in [6, 6.07) is 14.9. The smallest absolute Gasteiger partial charge is 0.242 e. The molecule has 1 aliphatic heterocycles. The molecule has 2 aromatic carbocycles. The Morgan fingerprint density at radius 1 is 1.16 bits per heavy atom. The van der Waals surface area contributed by atoms with Gasteiger partial charge in [0.1, 0.15) is 0 Å². The molecule has 2 heterocycles. The van der Waals surface area contributed by atoms with Crippen molar-refractivity contribution in [2.24, 2.45) is 0 Å². The molecule has 0 N–H and O–H groups in total. The number of hydrogen-bond acceptors (Lipinski definition) is 5. The van der Waals surface area contributed by atoms with Gasteiger partial charge in [-0.1, -0.05) is 30.0 Å². The number of sulfonamides is 1. The number of amides is 1. The van der Waals surface area contributed by atoms with Gasteiger partial charge in [0, 0.05) is 31.7 Å². The zero-order chi connectivity index (χ0) is 22.3. The van der Waals surface area contributed by atoms with E-state index in [-0.39, 0.29) is 16.1 Å². The quantitative estimate of drug-likeness (QED) is 0.547. The lowest BCUT2D eigenvalue weighted by Gasteiger charge is -2.21. The molecule has 0 saturated heterocycles. The molecule has 1 aromatic heterocycles. The molecule has 0 spiro atoms. The van der Waals surface area contributed by atoms with Crippen LogP contribution in [-0.2, 0) is 21.2 Å². The van der Waals surface area contributed by atoms with E-state index in [1.807, 2.05) is 43.0 Å². The maximum Gasteiger partial charge on any atom is 0.242 e. The Hall–Kier alpha value is -2.42. The van der Waals surface area contributed by atoms with Crippen LogP contribution in [0.4, 0.5) is 5.69 Å². The second kappa shape index (κ2) is 8.26. The van der Waals surface area contributed by atoms with Gasteiger partial charge in [0.15, 0.2) is 0 Å². The number of pyridine rings is 1. The summed E-state index contributed by atoms with van der Waals surface area (Å²) in [5.74, 6) is 0.0712. The fourth-order valence-electron chi connectivity index (χ4n) is 3.79. The van der Waals surface area contributed by atoms with Gasteiger partial charge in [-0.05, 0) is 61.7 Å². The zero-order valence-electron chi connectivity index (χ0n) is 18.0. The number of aryl methyl sites for hydroxylation is 1. The minimum atomic E-state index is -3.51. The first-order valence-corrected chi connectivity index (χ1v) is 12.4. The first-order valence-electron chi connectivity index (χ1n) is 10.1. The van der Waals surface area contributed by atoms with Crippen molar-refractivity contribution in [2.75, 3.05) is 25.5 Å². The lowest BCUT2D eigenvalue weighted by atomic mass is 10.1. The SMILES string of the molecule is Cc1cc(S[C@@H](C)C(=O)N2CCc3ccccc32)nc2ccc(S(=O)(=O)N(C)C)cc12. The second-order valence-electron chi connectivity index (χ2n) is 7.87. The zero-order valence-corrected chi connectivity index (χ0v) is 19.6. The van der Waals surface area contributed by atoms with E-state index in [0.717, 1.165) is 28.1 Å². The van der Waals surface area contributed by atoms with Gasteiger partial charge in [-0.25, -0.2) is 17.7 Å². The number of nitrogens with zero attached hydrogens (tertiary/aromatic N) is 3. The molecule has 0 unspecified atom stereocenters. The van der Waals surface area contributed by atoms with Gasteiger partial charge >= 0.3 is 0 Å². The molecule has 1 amide bonds. The molecule has 0 saturated carbocycles. The molecular weight excluding hydrogens is 430 g/mol. The van der Waals surface area contributed by atoms with Crippen LogP contribution in [0.3, 0.4) is 0 Å². The Bertz CT molecular complexity index is 1270. The van der Waals surface area contributed by atoms with Gasteiger partial charge in [-0.15, -0.1) is 0 Å². The largest absolute Gasteiger partial charge is 0.311 e. The number of fused-ring (bicyclic) bond motifs is 2. The fraction of sp³-hybridized carbons (Fsp3) is 0.304. The van der Waals surface area contributed by atoms with Gasteiger partial charge in [0.25, 0.3) is 0 Å². The topological polar surface area (TPSA) is 70.6 Å². The highest BCUT2D eigenvalue weighted by Crippen LogP contribution is 2.33. The van der Waals surface area contributed by atoms with Crippen molar-refractivity contribution >= 4 is 44.3 Å². The van der Waals surface area contributed by atoms with E-state index in [1.54, 1.807) is 18.2 Å². The Morgan fingerprint density at radius 2 is 1.90 bits per heavy atom. The molecule has 6 nitrogen and oxygen atoms in total. The summed E-state index contributed by atoms with van der Waals surface area (Å²) in [4.78, 5) is 19.9. The van der Waals surface area contributed by atoms with Gasteiger partial charge in [0.05, 0.1) is 20.7 Å². The average Bonchev–Trinajstić information content (AvgIpc) is 3.17. The molecule has 8 heteroatoms. The van der Waals surface area contributed by atoms with Crippen LogP contribution in [-0.4, -0.2) is 49.5 Å². The minimum absolute atomic E-state index is 0.0712. The maximum atomic E-state index is 13.1. The van der Waals surface area contributed by atoms with Gasteiger partial charge < -0.3 is 4.90 Å². The van der Waals surface area contributed by atoms with E-state index < -0.39 is 10.0 Å². The second-order valence-corrected chi connectivity index (χ2v) is 11.4. The Labute approximate surface area is 187 Å². The molecular formula is C23H25N3O3S2. The first kappa shape index (κ1) is 21.8. The van der Waals surface area contributed by atoms with Crippen molar-refractivity contribution < 1.29 is 13.2 Å². The summed E-state index contributed by atoms with van der Waals surface area (Å²) < 4.78 is 26.1. The van der Waals surface area contributed by atoms with Crippen LogP contribution in [0, 0.1) is 6.92 Å². The molecule has 31 heavy (non-hydrogen) atoms. The van der Waals surface area contributed by atoms with Crippen molar-refractivity contribution in [3.05, 3.63) is 59.7 Å². The molecule has 0 aliphatic carbocycles. The number of carbonyl (C=O) groups excluding carboxylic acids is 1. The predicted octanol–water partition coefficient (Wildman–Crippen LogP) is 3.86. The normalized spacial score (nSPS) is 14.8. The van der Waals surface area contributed by atoms with Crippen LogP contribution < -0.4 is 4.90 Å². The van der Waals surface area contributed by atoms with E-state index in [9.17, 15) is 13.2 Å². The van der Waals surface area contributed by atoms with Crippen molar-refractivity contribution in [1.29, 1.82) is 0 Å². The number of para-hydroxylation sites is 1. The number of aromatic nitrogens is 1. The van der Waals surface area contributed by atoms with Crippen LogP contribution in [0.1, 0.15) is 18.1 Å². The monoisotopic (exact) mass is 455 g/mol. The molecule has 4 rings (SSSR count). The average molecular weight is 456 g/mol. The van der Waals surface area contributed by atoms with Gasteiger partial charge in [0.2, 0.25) is 15.9 Å². The fourth-order valence-corrected chi connectivity index (χ4v) is 5.71. The Kier molecular flexibility index (Phi) is 5.81. The van der Waals surface area contributed by atoms with Crippen molar-refractivity contribution in [3.63, 3.8) is 0 Å². The van der Waals surface area contributed by atoms with Gasteiger partial charge in [-0.2, -0.15) is 0 Å². The van der Waals surface area contributed by atoms with Crippen LogP contribution in [0.25, 0.3) is 10.9 Å². The van der Waals surface area contributed by atoms with Crippen molar-refractivity contribution in [1.82, 2.24) is 9.29 Å². The number of benzene rings is 2. The van der Waals surface area contributed by atoms with E-state index in [1.165, 1.54) is 35.7 Å². The first-order chi connectivity index (χ1) is 14.7. The highest BCUT2D eigenvalue weighted by atomic mass is 32.2. The third kappa shape index (κ3) is 4.07. The molecule has 0 radical (unpaired) electrons. The van der Waals surface area contributed by atoms with Crippen LogP contribution in [0.15, 0.2) is 58.5 Å². The standard InChI is InChI=1S/C23H25N3O3S2/c1-15-13-22(24-20-10-9-18(14-19(15)20)31(28,29)25(3)4)30-16(2)23(27)26-12-11-17-7-5-6-8-21(17)26/h5-10,13-14,16H,11-12H2,1-4H3/t16-/m0/s1. The highest BCUT2D eigenvalue weighted by Gasteiger charge is 2.28. The maximum absolute atomic E-state index is 13.1. The third-order valence-corrected chi connectivity index (χ3v) is 8.36. The number of anilines is 1. The number of thioether (sulfide) groups is 1. The Morgan fingerprint density at radius 3 is 2.65 bits per heavy atom. The van der Waals surface area contributed by atoms with Crippen LogP contribution >= 0.6 is 11.8 Å². The number of carbonyl (C=O) groups is 1. The molecule has 0 bridgehead atoms. The minimum Gasteiger partial charge on any atom is -0.311 e. The van der Waals surface area contributed by atoms with E-state index >= 15 is 0 Å².